The van der Waals surface area contributed by atoms with Crippen molar-refractivity contribution < 1.29 is 4.39 Å². The number of piperidine rings is 1. The molecule has 1 aliphatic carbocycles. The van der Waals surface area contributed by atoms with E-state index in [0.717, 1.165) is 12.2 Å². The van der Waals surface area contributed by atoms with E-state index in [1.165, 1.54) is 76.6 Å². The minimum absolute atomic E-state index is 0.231. The maximum atomic E-state index is 13.0. The lowest BCUT2D eigenvalue weighted by Gasteiger charge is -2.48. The van der Waals surface area contributed by atoms with Crippen molar-refractivity contribution in [2.24, 2.45) is 0 Å². The molecule has 5 heteroatoms. The van der Waals surface area contributed by atoms with Crippen molar-refractivity contribution >= 4 is 23.0 Å². The molecule has 1 heterocycles. The van der Waals surface area contributed by atoms with Gasteiger partial charge in [-0.2, -0.15) is 0 Å². The van der Waals surface area contributed by atoms with Gasteiger partial charge in [-0.25, -0.2) is 4.39 Å². The molecular weight excluding hydrogens is 321 g/mol. The number of rotatable bonds is 4. The summed E-state index contributed by atoms with van der Waals surface area (Å²) in [7, 11) is 0. The van der Waals surface area contributed by atoms with Gasteiger partial charge in [-0.05, 0) is 75.3 Å². The predicted molar refractivity (Wildman–Crippen MR) is 102 cm³/mol. The van der Waals surface area contributed by atoms with Crippen LogP contribution in [-0.2, 0) is 0 Å². The van der Waals surface area contributed by atoms with Gasteiger partial charge >= 0.3 is 0 Å². The molecule has 0 radical (unpaired) electrons. The molecule has 1 aromatic rings. The van der Waals surface area contributed by atoms with Crippen molar-refractivity contribution in [1.82, 2.24) is 10.2 Å². The van der Waals surface area contributed by atoms with Crippen LogP contribution in [0.25, 0.3) is 0 Å². The largest absolute Gasteiger partial charge is 0.361 e. The summed E-state index contributed by atoms with van der Waals surface area (Å²) < 4.78 is 13.0. The number of thiocarbonyl (C=S) groups is 1. The summed E-state index contributed by atoms with van der Waals surface area (Å²) in [5, 5.41) is 7.23. The fraction of sp³-hybridized carbons (Fsp3) is 0.632. The lowest BCUT2D eigenvalue weighted by molar-refractivity contribution is 0.0371. The van der Waals surface area contributed by atoms with E-state index in [1.54, 1.807) is 12.1 Å². The molecule has 0 amide bonds. The summed E-state index contributed by atoms with van der Waals surface area (Å²) in [4.78, 5) is 2.71. The Bertz CT molecular complexity index is 534. The third-order valence-corrected chi connectivity index (χ3v) is 5.74. The van der Waals surface area contributed by atoms with E-state index in [4.69, 9.17) is 12.2 Å². The molecule has 0 spiro atoms. The van der Waals surface area contributed by atoms with Crippen molar-refractivity contribution in [3.8, 4) is 0 Å². The Labute approximate surface area is 150 Å². The second-order valence-corrected chi connectivity index (χ2v) is 7.56. The Morgan fingerprint density at radius 2 is 1.62 bits per heavy atom. The number of likely N-dealkylation sites (tertiary alicyclic amines) is 1. The molecule has 2 aliphatic rings. The zero-order chi connectivity index (χ0) is 16.8. The molecule has 0 unspecified atom stereocenters. The van der Waals surface area contributed by atoms with Gasteiger partial charge in [-0.3, -0.25) is 4.90 Å². The van der Waals surface area contributed by atoms with Gasteiger partial charge in [0.1, 0.15) is 5.82 Å². The molecule has 1 aliphatic heterocycles. The van der Waals surface area contributed by atoms with Crippen molar-refractivity contribution in [1.29, 1.82) is 0 Å². The van der Waals surface area contributed by atoms with Gasteiger partial charge in [-0.15, -0.1) is 0 Å². The topological polar surface area (TPSA) is 27.3 Å². The van der Waals surface area contributed by atoms with E-state index in [2.05, 4.69) is 15.5 Å². The van der Waals surface area contributed by atoms with Crippen LogP contribution in [0.2, 0.25) is 0 Å². The van der Waals surface area contributed by atoms with E-state index >= 15 is 0 Å². The first kappa shape index (κ1) is 17.6. The Balaban J connectivity index is 1.58. The highest BCUT2D eigenvalue weighted by molar-refractivity contribution is 7.80. The number of hydrogen-bond donors (Lipinski definition) is 2. The van der Waals surface area contributed by atoms with Crippen molar-refractivity contribution in [3.63, 3.8) is 0 Å². The molecule has 1 aromatic carbocycles. The van der Waals surface area contributed by atoms with Crippen molar-refractivity contribution in [2.45, 2.75) is 56.9 Å². The Kier molecular flexibility index (Phi) is 6.06. The van der Waals surface area contributed by atoms with Crippen LogP contribution in [-0.4, -0.2) is 35.2 Å². The van der Waals surface area contributed by atoms with Gasteiger partial charge in [0, 0.05) is 17.8 Å². The highest BCUT2D eigenvalue weighted by Crippen LogP contribution is 2.35. The highest BCUT2D eigenvalue weighted by atomic mass is 32.1. The monoisotopic (exact) mass is 349 g/mol. The summed E-state index contributed by atoms with van der Waals surface area (Å²) in [5.74, 6) is -0.231. The first-order chi connectivity index (χ1) is 11.7. The fourth-order valence-electron chi connectivity index (χ4n) is 4.14. The molecule has 1 saturated heterocycles. The molecule has 132 valence electrons. The van der Waals surface area contributed by atoms with E-state index in [0.29, 0.717) is 5.11 Å². The number of anilines is 1. The summed E-state index contributed by atoms with van der Waals surface area (Å²) in [6, 6.07) is 6.32. The molecular formula is C19H28FN3S. The SMILES string of the molecule is Fc1ccc(NC(=S)NCC2(N3CCCCC3)CCCCC2)cc1. The van der Waals surface area contributed by atoms with E-state index in [9.17, 15) is 4.39 Å². The van der Waals surface area contributed by atoms with Crippen LogP contribution in [0.1, 0.15) is 51.4 Å². The number of halogens is 1. The summed E-state index contributed by atoms with van der Waals surface area (Å²) in [6.07, 6.45) is 10.5. The Hall–Kier alpha value is -1.20. The molecule has 1 saturated carbocycles. The first-order valence-corrected chi connectivity index (χ1v) is 9.64. The Morgan fingerprint density at radius 3 is 2.29 bits per heavy atom. The maximum Gasteiger partial charge on any atom is 0.170 e. The number of nitrogens with zero attached hydrogens (tertiary/aromatic N) is 1. The average Bonchev–Trinajstić information content (AvgIpc) is 2.63. The summed E-state index contributed by atoms with van der Waals surface area (Å²) >= 11 is 5.45. The lowest BCUT2D eigenvalue weighted by atomic mass is 9.79. The standard InChI is InChI=1S/C19H28FN3S/c20-16-7-9-17(10-8-16)22-18(24)21-15-19(11-3-1-4-12-19)23-13-5-2-6-14-23/h7-10H,1-6,11-15H2,(H2,21,22,24). The molecule has 0 aromatic heterocycles. The smallest absolute Gasteiger partial charge is 0.170 e. The predicted octanol–water partition coefficient (Wildman–Crippen LogP) is 4.30. The van der Waals surface area contributed by atoms with Crippen LogP contribution in [0.5, 0.6) is 0 Å². The minimum atomic E-state index is -0.231. The molecule has 3 nitrogen and oxygen atoms in total. The van der Waals surface area contributed by atoms with Gasteiger partial charge in [0.25, 0.3) is 0 Å². The molecule has 0 bridgehead atoms. The Morgan fingerprint density at radius 1 is 1.00 bits per heavy atom. The molecule has 24 heavy (non-hydrogen) atoms. The van der Waals surface area contributed by atoms with E-state index in [-0.39, 0.29) is 11.4 Å². The number of hydrogen-bond acceptors (Lipinski definition) is 2. The van der Waals surface area contributed by atoms with Gasteiger partial charge < -0.3 is 10.6 Å². The summed E-state index contributed by atoms with van der Waals surface area (Å²) in [6.45, 7) is 3.35. The van der Waals surface area contributed by atoms with Gasteiger partial charge in [0.15, 0.2) is 5.11 Å². The summed E-state index contributed by atoms with van der Waals surface area (Å²) in [5.41, 5.74) is 1.08. The van der Waals surface area contributed by atoms with Crippen LogP contribution >= 0.6 is 12.2 Å². The second kappa shape index (κ2) is 8.26. The third-order valence-electron chi connectivity index (χ3n) is 5.49. The van der Waals surface area contributed by atoms with Crippen molar-refractivity contribution in [2.75, 3.05) is 25.0 Å². The van der Waals surface area contributed by atoms with E-state index in [1.807, 2.05) is 0 Å². The van der Waals surface area contributed by atoms with Gasteiger partial charge in [0.2, 0.25) is 0 Å². The molecule has 2 fully saturated rings. The minimum Gasteiger partial charge on any atom is -0.361 e. The van der Waals surface area contributed by atoms with Gasteiger partial charge in [-0.1, -0.05) is 25.7 Å². The normalized spacial score (nSPS) is 21.2. The van der Waals surface area contributed by atoms with Gasteiger partial charge in [0.05, 0.1) is 0 Å². The maximum absolute atomic E-state index is 13.0. The first-order valence-electron chi connectivity index (χ1n) is 9.23. The molecule has 3 rings (SSSR count). The van der Waals surface area contributed by atoms with Crippen molar-refractivity contribution in [3.05, 3.63) is 30.1 Å². The fourth-order valence-corrected chi connectivity index (χ4v) is 4.33. The zero-order valence-corrected chi connectivity index (χ0v) is 15.1. The van der Waals surface area contributed by atoms with Crippen LogP contribution in [0.4, 0.5) is 10.1 Å². The highest BCUT2D eigenvalue weighted by Gasteiger charge is 2.38. The quantitative estimate of drug-likeness (QED) is 0.793. The second-order valence-electron chi connectivity index (χ2n) is 7.15. The number of benzene rings is 1. The lowest BCUT2D eigenvalue weighted by Crippen LogP contribution is -2.58. The van der Waals surface area contributed by atoms with Crippen LogP contribution in [0, 0.1) is 5.82 Å². The number of nitrogens with one attached hydrogen (secondary N) is 2. The van der Waals surface area contributed by atoms with Crippen LogP contribution in [0.3, 0.4) is 0 Å². The third kappa shape index (κ3) is 4.45. The molecule has 0 atom stereocenters. The zero-order valence-electron chi connectivity index (χ0n) is 14.3. The molecule has 2 N–H and O–H groups in total. The average molecular weight is 350 g/mol. The van der Waals surface area contributed by atoms with E-state index < -0.39 is 0 Å². The van der Waals surface area contributed by atoms with Crippen LogP contribution in [0.15, 0.2) is 24.3 Å². The van der Waals surface area contributed by atoms with Crippen LogP contribution < -0.4 is 10.6 Å².